The third-order valence-corrected chi connectivity index (χ3v) is 4.14. The van der Waals surface area contributed by atoms with E-state index in [1.807, 2.05) is 11.6 Å². The highest BCUT2D eigenvalue weighted by Gasteiger charge is 2.29. The van der Waals surface area contributed by atoms with Gasteiger partial charge in [0.1, 0.15) is 5.01 Å². The van der Waals surface area contributed by atoms with Crippen molar-refractivity contribution in [3.05, 3.63) is 16.6 Å². The number of nitrogens with one attached hydrogen (secondary N) is 1. The van der Waals surface area contributed by atoms with Gasteiger partial charge in [0.15, 0.2) is 0 Å². The van der Waals surface area contributed by atoms with Crippen LogP contribution in [0, 0.1) is 0 Å². The number of thiazole rings is 1. The highest BCUT2D eigenvalue weighted by atomic mass is 32.1. The summed E-state index contributed by atoms with van der Waals surface area (Å²) in [4.78, 5) is 4.30. The van der Waals surface area contributed by atoms with Crippen LogP contribution in [0.25, 0.3) is 0 Å². The molecule has 1 saturated carbocycles. The van der Waals surface area contributed by atoms with Crippen molar-refractivity contribution in [1.82, 2.24) is 10.3 Å². The lowest BCUT2D eigenvalue weighted by atomic mass is 9.99. The summed E-state index contributed by atoms with van der Waals surface area (Å²) in [6.45, 7) is 3.06. The topological polar surface area (TPSA) is 50.9 Å². The van der Waals surface area contributed by atoms with E-state index in [9.17, 15) is 0 Å². The minimum Gasteiger partial charge on any atom is -0.324 e. The highest BCUT2D eigenvalue weighted by molar-refractivity contribution is 7.09. The maximum absolute atomic E-state index is 6.28. The first-order chi connectivity index (χ1) is 7.20. The summed E-state index contributed by atoms with van der Waals surface area (Å²) in [7, 11) is 0. The van der Waals surface area contributed by atoms with Gasteiger partial charge in [-0.05, 0) is 19.8 Å². The summed E-state index contributed by atoms with van der Waals surface area (Å²) in [6.07, 6.45) is 6.73. The quantitative estimate of drug-likeness (QED) is 0.824. The molecule has 1 aliphatic carbocycles. The molecular weight excluding hydrogens is 206 g/mol. The van der Waals surface area contributed by atoms with Crippen LogP contribution in [-0.4, -0.2) is 17.1 Å². The molecule has 84 valence electrons. The third-order valence-electron chi connectivity index (χ3n) is 3.18. The highest BCUT2D eigenvalue weighted by Crippen LogP contribution is 2.27. The molecular formula is C11H19N3S. The lowest BCUT2D eigenvalue weighted by molar-refractivity contribution is 0.383. The van der Waals surface area contributed by atoms with Gasteiger partial charge in [-0.25, -0.2) is 4.98 Å². The predicted octanol–water partition coefficient (Wildman–Crippen LogP) is 2.07. The Morgan fingerprint density at radius 2 is 2.33 bits per heavy atom. The summed E-state index contributed by atoms with van der Waals surface area (Å²) in [6, 6.07) is 0.325. The molecule has 1 unspecified atom stereocenters. The third kappa shape index (κ3) is 2.77. The van der Waals surface area contributed by atoms with Gasteiger partial charge in [0, 0.05) is 23.7 Å². The van der Waals surface area contributed by atoms with Crippen molar-refractivity contribution in [3.8, 4) is 0 Å². The molecule has 3 N–H and O–H groups in total. The Hall–Kier alpha value is -0.450. The standard InChI is InChI=1S/C11H19N3S/c1-9(10-13-6-7-15-10)14-8-11(12)4-2-3-5-11/h6-7,9,14H,2-5,8,12H2,1H3. The molecule has 1 fully saturated rings. The fraction of sp³-hybridized carbons (Fsp3) is 0.727. The molecule has 1 aromatic heterocycles. The molecule has 0 bridgehead atoms. The van der Waals surface area contributed by atoms with E-state index in [0.29, 0.717) is 6.04 Å². The average Bonchev–Trinajstić information content (AvgIpc) is 2.85. The minimum atomic E-state index is 0.0333. The van der Waals surface area contributed by atoms with E-state index in [1.54, 1.807) is 11.3 Å². The van der Waals surface area contributed by atoms with Crippen molar-refractivity contribution < 1.29 is 0 Å². The van der Waals surface area contributed by atoms with Crippen molar-refractivity contribution in [2.75, 3.05) is 6.54 Å². The first-order valence-electron chi connectivity index (χ1n) is 5.61. The molecule has 1 atom stereocenters. The SMILES string of the molecule is CC(NCC1(N)CCCC1)c1nccs1. The maximum atomic E-state index is 6.28. The Balaban J connectivity index is 1.83. The van der Waals surface area contributed by atoms with Crippen LogP contribution in [0.4, 0.5) is 0 Å². The second-order valence-corrected chi connectivity index (χ2v) is 5.47. The number of hydrogen-bond acceptors (Lipinski definition) is 4. The summed E-state index contributed by atoms with van der Waals surface area (Å²) >= 11 is 1.70. The number of hydrogen-bond donors (Lipinski definition) is 2. The van der Waals surface area contributed by atoms with Crippen LogP contribution in [0.2, 0.25) is 0 Å². The normalized spacial score (nSPS) is 21.7. The Kier molecular flexibility index (Phi) is 3.38. The molecule has 1 aliphatic rings. The average molecular weight is 225 g/mol. The van der Waals surface area contributed by atoms with E-state index >= 15 is 0 Å². The fourth-order valence-electron chi connectivity index (χ4n) is 2.15. The number of rotatable bonds is 4. The predicted molar refractivity (Wildman–Crippen MR) is 63.9 cm³/mol. The fourth-order valence-corrected chi connectivity index (χ4v) is 2.82. The van der Waals surface area contributed by atoms with Gasteiger partial charge in [-0.1, -0.05) is 12.8 Å². The zero-order chi connectivity index (χ0) is 10.7. The Bertz CT molecular complexity index is 291. The molecule has 0 radical (unpaired) electrons. The Morgan fingerprint density at radius 1 is 1.60 bits per heavy atom. The van der Waals surface area contributed by atoms with Crippen LogP contribution in [-0.2, 0) is 0 Å². The molecule has 4 heteroatoms. The summed E-state index contributed by atoms with van der Waals surface area (Å²) in [5.41, 5.74) is 6.31. The first-order valence-corrected chi connectivity index (χ1v) is 6.49. The number of aromatic nitrogens is 1. The van der Waals surface area contributed by atoms with E-state index in [2.05, 4.69) is 17.2 Å². The molecule has 15 heavy (non-hydrogen) atoms. The van der Waals surface area contributed by atoms with Gasteiger partial charge >= 0.3 is 0 Å². The van der Waals surface area contributed by atoms with Crippen molar-refractivity contribution in [2.45, 2.75) is 44.2 Å². The lowest BCUT2D eigenvalue weighted by Crippen LogP contribution is -2.46. The molecule has 0 aliphatic heterocycles. The summed E-state index contributed by atoms with van der Waals surface area (Å²) in [5.74, 6) is 0. The van der Waals surface area contributed by atoms with Gasteiger partial charge < -0.3 is 11.1 Å². The maximum Gasteiger partial charge on any atom is 0.109 e. The monoisotopic (exact) mass is 225 g/mol. The number of nitrogens with two attached hydrogens (primary N) is 1. The van der Waals surface area contributed by atoms with Crippen LogP contribution in [0.1, 0.15) is 43.7 Å². The molecule has 0 spiro atoms. The van der Waals surface area contributed by atoms with E-state index in [1.165, 1.54) is 12.8 Å². The van der Waals surface area contributed by atoms with E-state index in [4.69, 9.17) is 5.73 Å². The summed E-state index contributed by atoms with van der Waals surface area (Å²) in [5, 5.41) is 6.66. The van der Waals surface area contributed by atoms with Gasteiger partial charge in [0.05, 0.1) is 6.04 Å². The van der Waals surface area contributed by atoms with Gasteiger partial charge in [-0.15, -0.1) is 11.3 Å². The zero-order valence-electron chi connectivity index (χ0n) is 9.20. The minimum absolute atomic E-state index is 0.0333. The molecule has 3 nitrogen and oxygen atoms in total. The second kappa shape index (κ2) is 4.60. The van der Waals surface area contributed by atoms with Crippen LogP contribution < -0.4 is 11.1 Å². The van der Waals surface area contributed by atoms with Gasteiger partial charge in [0.2, 0.25) is 0 Å². The van der Waals surface area contributed by atoms with Crippen molar-refractivity contribution >= 4 is 11.3 Å². The zero-order valence-corrected chi connectivity index (χ0v) is 10.0. The molecule has 1 heterocycles. The van der Waals surface area contributed by atoms with E-state index in [-0.39, 0.29) is 5.54 Å². The van der Waals surface area contributed by atoms with Gasteiger partial charge in [0.25, 0.3) is 0 Å². The Morgan fingerprint density at radius 3 is 2.93 bits per heavy atom. The Labute approximate surface area is 95.1 Å². The van der Waals surface area contributed by atoms with Gasteiger partial charge in [-0.2, -0.15) is 0 Å². The largest absolute Gasteiger partial charge is 0.324 e. The van der Waals surface area contributed by atoms with Crippen LogP contribution in [0.3, 0.4) is 0 Å². The summed E-state index contributed by atoms with van der Waals surface area (Å²) < 4.78 is 0. The van der Waals surface area contributed by atoms with Gasteiger partial charge in [-0.3, -0.25) is 0 Å². The van der Waals surface area contributed by atoms with Crippen LogP contribution in [0.5, 0.6) is 0 Å². The van der Waals surface area contributed by atoms with E-state index < -0.39 is 0 Å². The molecule has 1 aromatic rings. The molecule has 0 saturated heterocycles. The number of nitrogens with zero attached hydrogens (tertiary/aromatic N) is 1. The van der Waals surface area contributed by atoms with Crippen molar-refractivity contribution in [1.29, 1.82) is 0 Å². The van der Waals surface area contributed by atoms with E-state index in [0.717, 1.165) is 24.4 Å². The smallest absolute Gasteiger partial charge is 0.109 e. The van der Waals surface area contributed by atoms with Crippen LogP contribution in [0.15, 0.2) is 11.6 Å². The second-order valence-electron chi connectivity index (χ2n) is 4.54. The van der Waals surface area contributed by atoms with Crippen LogP contribution >= 0.6 is 11.3 Å². The van der Waals surface area contributed by atoms with Crippen molar-refractivity contribution in [2.24, 2.45) is 5.73 Å². The molecule has 0 aromatic carbocycles. The van der Waals surface area contributed by atoms with Crippen molar-refractivity contribution in [3.63, 3.8) is 0 Å². The molecule has 2 rings (SSSR count). The first kappa shape index (κ1) is 11.0. The molecule has 0 amide bonds. The lowest BCUT2D eigenvalue weighted by Gasteiger charge is -2.25.